The molecule has 4 N–H and O–H groups in total. The van der Waals surface area contributed by atoms with Gasteiger partial charge in [0, 0.05) is 17.7 Å². The van der Waals surface area contributed by atoms with Crippen LogP contribution in [0.3, 0.4) is 0 Å². The average Bonchev–Trinajstić information content (AvgIpc) is 3.22. The van der Waals surface area contributed by atoms with E-state index in [1.807, 2.05) is 10.7 Å². The van der Waals surface area contributed by atoms with Crippen LogP contribution in [0.15, 0.2) is 48.9 Å². The van der Waals surface area contributed by atoms with Crippen LogP contribution in [0.2, 0.25) is 0 Å². The molecule has 1 aromatic carbocycles. The molecule has 33 heavy (non-hydrogen) atoms. The number of aromatic nitrogens is 5. The van der Waals surface area contributed by atoms with Crippen LogP contribution in [0.4, 0.5) is 16.0 Å². The Morgan fingerprint density at radius 2 is 2.09 bits per heavy atom. The number of anilines is 2. The quantitative estimate of drug-likeness (QED) is 0.420. The molecule has 0 aliphatic carbocycles. The first kappa shape index (κ1) is 22.6. The number of carbonyl (C=O) groups excluding carboxylic acids is 1. The van der Waals surface area contributed by atoms with Gasteiger partial charge in [0.1, 0.15) is 29.5 Å². The second kappa shape index (κ2) is 9.47. The molecule has 5 rings (SSSR count). The Bertz CT molecular complexity index is 1290. The number of rotatable bonds is 4. The Labute approximate surface area is 195 Å². The predicted octanol–water partition coefficient (Wildman–Crippen LogP) is 3.21. The summed E-state index contributed by atoms with van der Waals surface area (Å²) >= 11 is 0. The Morgan fingerprint density at radius 3 is 2.85 bits per heavy atom. The molecule has 170 valence electrons. The molecule has 11 heteroatoms. The highest BCUT2D eigenvalue weighted by Crippen LogP contribution is 2.33. The zero-order valence-corrected chi connectivity index (χ0v) is 18.3. The van der Waals surface area contributed by atoms with Crippen molar-refractivity contribution < 1.29 is 9.18 Å². The summed E-state index contributed by atoms with van der Waals surface area (Å²) in [5, 5.41) is 11.6. The van der Waals surface area contributed by atoms with Crippen molar-refractivity contribution in [3.8, 4) is 11.3 Å². The topological polar surface area (TPSA) is 124 Å². The highest BCUT2D eigenvalue weighted by molar-refractivity contribution is 6.05. The zero-order chi connectivity index (χ0) is 22.1. The van der Waals surface area contributed by atoms with Crippen LogP contribution >= 0.6 is 12.4 Å². The Hall–Kier alpha value is -3.63. The normalized spacial score (nSPS) is 15.7. The summed E-state index contributed by atoms with van der Waals surface area (Å²) in [5.74, 6) is -0.236. The number of fused-ring (bicyclic) bond motifs is 1. The molecule has 4 heterocycles. The number of piperidine rings is 1. The van der Waals surface area contributed by atoms with Gasteiger partial charge in [0.15, 0.2) is 5.65 Å². The van der Waals surface area contributed by atoms with E-state index in [1.165, 1.54) is 18.5 Å². The van der Waals surface area contributed by atoms with Gasteiger partial charge >= 0.3 is 0 Å². The number of pyridine rings is 1. The van der Waals surface area contributed by atoms with Gasteiger partial charge in [0.05, 0.1) is 17.6 Å². The van der Waals surface area contributed by atoms with E-state index in [1.54, 1.807) is 18.2 Å². The number of hydrogen-bond acceptors (Lipinski definition) is 7. The van der Waals surface area contributed by atoms with Crippen LogP contribution in [0.25, 0.3) is 22.3 Å². The van der Waals surface area contributed by atoms with E-state index in [4.69, 9.17) is 10.8 Å². The molecular formula is C22H22ClFN8O. The fourth-order valence-electron chi connectivity index (χ4n) is 3.94. The van der Waals surface area contributed by atoms with Crippen molar-refractivity contribution in [1.29, 1.82) is 0 Å². The Kier molecular flexibility index (Phi) is 6.47. The number of halogens is 2. The molecule has 0 saturated carbocycles. The minimum Gasteiger partial charge on any atom is -0.383 e. The molecule has 1 aliphatic rings. The number of nitrogen functional groups attached to an aromatic ring is 1. The summed E-state index contributed by atoms with van der Waals surface area (Å²) in [6.07, 6.45) is 4.53. The third kappa shape index (κ3) is 4.48. The van der Waals surface area contributed by atoms with Gasteiger partial charge in [-0.1, -0.05) is 12.1 Å². The molecule has 3 aromatic heterocycles. The number of benzene rings is 1. The van der Waals surface area contributed by atoms with E-state index in [2.05, 4.69) is 25.6 Å². The van der Waals surface area contributed by atoms with Gasteiger partial charge in [-0.05, 0) is 43.7 Å². The van der Waals surface area contributed by atoms with Gasteiger partial charge < -0.3 is 16.4 Å². The first-order valence-corrected chi connectivity index (χ1v) is 10.3. The highest BCUT2D eigenvalue weighted by atomic mass is 35.5. The summed E-state index contributed by atoms with van der Waals surface area (Å²) in [6.45, 7) is 1.78. The van der Waals surface area contributed by atoms with Gasteiger partial charge in [-0.15, -0.1) is 12.4 Å². The molecule has 1 atom stereocenters. The molecule has 1 amide bonds. The third-order valence-corrected chi connectivity index (χ3v) is 5.50. The lowest BCUT2D eigenvalue weighted by Crippen LogP contribution is -2.32. The van der Waals surface area contributed by atoms with Crippen molar-refractivity contribution in [2.75, 3.05) is 24.1 Å². The fourth-order valence-corrected chi connectivity index (χ4v) is 3.94. The standard InChI is InChI=1S/C22H21FN8O.ClH/c23-15-6-7-17(26-10-15)29-22(32)14-4-1-3-13(9-14)19-18-20(24)27-12-28-21(18)31(30-19)16-5-2-8-25-11-16;/h1,3-4,6-7,9-10,12,16,25H,2,5,8,11H2,(H2,24,27,28)(H,26,29,32);1H/t16-;/m1./s1. The maximum absolute atomic E-state index is 13.1. The van der Waals surface area contributed by atoms with Crippen LogP contribution in [0.5, 0.6) is 0 Å². The van der Waals surface area contributed by atoms with Gasteiger partial charge in [-0.2, -0.15) is 5.10 Å². The van der Waals surface area contributed by atoms with Crippen LogP contribution in [-0.4, -0.2) is 43.7 Å². The van der Waals surface area contributed by atoms with Crippen molar-refractivity contribution in [2.45, 2.75) is 18.9 Å². The SMILES string of the molecule is Cl.Nc1ncnc2c1c(-c1cccc(C(=O)Nc3ccc(F)cn3)c1)nn2[C@@H]1CCCNC1. The van der Waals surface area contributed by atoms with Gasteiger partial charge in [-0.25, -0.2) is 24.0 Å². The zero-order valence-electron chi connectivity index (χ0n) is 17.5. The number of amides is 1. The van der Waals surface area contributed by atoms with Crippen LogP contribution in [-0.2, 0) is 0 Å². The first-order valence-electron chi connectivity index (χ1n) is 10.3. The highest BCUT2D eigenvalue weighted by Gasteiger charge is 2.24. The fraction of sp³-hybridized carbons (Fsp3) is 0.227. The lowest BCUT2D eigenvalue weighted by molar-refractivity contribution is 0.102. The summed E-state index contributed by atoms with van der Waals surface area (Å²) < 4.78 is 15.0. The maximum atomic E-state index is 13.1. The van der Waals surface area contributed by atoms with Crippen molar-refractivity contribution in [2.24, 2.45) is 0 Å². The molecule has 0 bridgehead atoms. The van der Waals surface area contributed by atoms with Gasteiger partial charge in [-0.3, -0.25) is 4.79 Å². The lowest BCUT2D eigenvalue weighted by Gasteiger charge is -2.23. The van der Waals surface area contributed by atoms with Gasteiger partial charge in [0.2, 0.25) is 0 Å². The first-order chi connectivity index (χ1) is 15.6. The minimum atomic E-state index is -0.472. The minimum absolute atomic E-state index is 0. The summed E-state index contributed by atoms with van der Waals surface area (Å²) in [4.78, 5) is 25.2. The van der Waals surface area contributed by atoms with E-state index in [0.29, 0.717) is 28.1 Å². The number of nitrogens with two attached hydrogens (primary N) is 1. The van der Waals surface area contributed by atoms with Crippen LogP contribution in [0.1, 0.15) is 29.2 Å². The third-order valence-electron chi connectivity index (χ3n) is 5.50. The number of nitrogens with one attached hydrogen (secondary N) is 2. The van der Waals surface area contributed by atoms with Crippen molar-refractivity contribution >= 4 is 41.0 Å². The molecule has 0 unspecified atom stereocenters. The second-order valence-electron chi connectivity index (χ2n) is 7.65. The molecule has 1 saturated heterocycles. The average molecular weight is 469 g/mol. The molecule has 0 radical (unpaired) electrons. The number of hydrogen-bond donors (Lipinski definition) is 3. The van der Waals surface area contributed by atoms with E-state index >= 15 is 0 Å². The summed E-state index contributed by atoms with van der Waals surface area (Å²) in [6, 6.07) is 9.86. The Balaban J connectivity index is 0.00000259. The lowest BCUT2D eigenvalue weighted by atomic mass is 10.1. The molecule has 1 aliphatic heterocycles. The molecule has 1 fully saturated rings. The van der Waals surface area contributed by atoms with Crippen LogP contribution in [0, 0.1) is 5.82 Å². The summed E-state index contributed by atoms with van der Waals surface area (Å²) in [5.41, 5.74) is 8.64. The van der Waals surface area contributed by atoms with Crippen molar-refractivity contribution in [1.82, 2.24) is 30.0 Å². The predicted molar refractivity (Wildman–Crippen MR) is 126 cm³/mol. The molecule has 0 spiro atoms. The smallest absolute Gasteiger partial charge is 0.256 e. The van der Waals surface area contributed by atoms with Crippen molar-refractivity contribution in [3.63, 3.8) is 0 Å². The number of carbonyl (C=O) groups is 1. The Morgan fingerprint density at radius 1 is 1.21 bits per heavy atom. The molecule has 9 nitrogen and oxygen atoms in total. The number of nitrogens with zero attached hydrogens (tertiary/aromatic N) is 5. The monoisotopic (exact) mass is 468 g/mol. The van der Waals surface area contributed by atoms with E-state index in [0.717, 1.165) is 37.7 Å². The largest absolute Gasteiger partial charge is 0.383 e. The maximum Gasteiger partial charge on any atom is 0.256 e. The van der Waals surface area contributed by atoms with E-state index in [9.17, 15) is 9.18 Å². The molecular weight excluding hydrogens is 447 g/mol. The van der Waals surface area contributed by atoms with E-state index < -0.39 is 5.82 Å². The summed E-state index contributed by atoms with van der Waals surface area (Å²) in [7, 11) is 0. The molecule has 4 aromatic rings. The van der Waals surface area contributed by atoms with Gasteiger partial charge in [0.25, 0.3) is 5.91 Å². The van der Waals surface area contributed by atoms with E-state index in [-0.39, 0.29) is 30.2 Å². The second-order valence-corrected chi connectivity index (χ2v) is 7.65. The van der Waals surface area contributed by atoms with Crippen molar-refractivity contribution in [3.05, 3.63) is 60.3 Å². The van der Waals surface area contributed by atoms with Crippen LogP contribution < -0.4 is 16.4 Å².